The molecule has 1 saturated heterocycles. The van der Waals surface area contributed by atoms with E-state index in [9.17, 15) is 14.0 Å². The van der Waals surface area contributed by atoms with Crippen molar-refractivity contribution in [2.75, 3.05) is 0 Å². The van der Waals surface area contributed by atoms with Crippen LogP contribution in [0.2, 0.25) is 5.02 Å². The quantitative estimate of drug-likeness (QED) is 0.383. The van der Waals surface area contributed by atoms with Gasteiger partial charge in [-0.1, -0.05) is 54.1 Å². The average Bonchev–Trinajstić information content (AvgIpc) is 3.03. The van der Waals surface area contributed by atoms with Crippen LogP contribution in [0.3, 0.4) is 0 Å². The third kappa shape index (κ3) is 4.87. The van der Waals surface area contributed by atoms with Crippen LogP contribution < -0.4 is 4.74 Å². The van der Waals surface area contributed by atoms with E-state index in [4.69, 9.17) is 16.3 Å². The number of benzene rings is 3. The van der Waals surface area contributed by atoms with Gasteiger partial charge >= 0.3 is 0 Å². The third-order valence-electron chi connectivity index (χ3n) is 5.09. The molecule has 0 saturated carbocycles. The number of rotatable bonds is 6. The fraction of sp³-hybridized carbons (Fsp3) is 0.120. The fourth-order valence-corrected chi connectivity index (χ4v) is 4.29. The van der Waals surface area contributed by atoms with Crippen LogP contribution in [0, 0.1) is 12.7 Å². The Hall–Kier alpha value is -3.09. The lowest BCUT2D eigenvalue weighted by Gasteiger charge is -2.14. The molecular formula is C25H19ClFNO3S. The van der Waals surface area contributed by atoms with Gasteiger partial charge in [0, 0.05) is 5.56 Å². The van der Waals surface area contributed by atoms with Crippen LogP contribution in [0.15, 0.2) is 71.6 Å². The summed E-state index contributed by atoms with van der Waals surface area (Å²) in [4.78, 5) is 26.8. The van der Waals surface area contributed by atoms with Crippen molar-refractivity contribution in [1.29, 1.82) is 0 Å². The SMILES string of the molecule is Cc1ccccc1CN1C(=O)S/C(=C\c2ccc(OCc3c(F)cccc3Cl)cc2)C1=O. The molecule has 0 bridgehead atoms. The van der Waals surface area contributed by atoms with Crippen molar-refractivity contribution >= 4 is 40.6 Å². The van der Waals surface area contributed by atoms with Gasteiger partial charge < -0.3 is 4.74 Å². The van der Waals surface area contributed by atoms with Crippen LogP contribution in [0.4, 0.5) is 9.18 Å². The highest BCUT2D eigenvalue weighted by Crippen LogP contribution is 2.34. The van der Waals surface area contributed by atoms with E-state index in [0.29, 0.717) is 21.2 Å². The number of amides is 2. The summed E-state index contributed by atoms with van der Waals surface area (Å²) in [7, 11) is 0. The monoisotopic (exact) mass is 467 g/mol. The lowest BCUT2D eigenvalue weighted by atomic mass is 10.1. The number of halogens is 2. The minimum atomic E-state index is -0.421. The van der Waals surface area contributed by atoms with Crippen molar-refractivity contribution in [1.82, 2.24) is 4.90 Å². The summed E-state index contributed by atoms with van der Waals surface area (Å²) in [5, 5.41) is 0.0225. The molecule has 0 aromatic heterocycles. The number of carbonyl (C=O) groups is 2. The molecule has 32 heavy (non-hydrogen) atoms. The van der Waals surface area contributed by atoms with Gasteiger partial charge in [0.05, 0.1) is 16.5 Å². The Bertz CT molecular complexity index is 1190. The van der Waals surface area contributed by atoms with E-state index in [0.717, 1.165) is 28.5 Å². The van der Waals surface area contributed by atoms with Crippen LogP contribution in [-0.2, 0) is 17.9 Å². The predicted octanol–water partition coefficient (Wildman–Crippen LogP) is 6.60. The summed E-state index contributed by atoms with van der Waals surface area (Å²) >= 11 is 6.95. The highest BCUT2D eigenvalue weighted by Gasteiger charge is 2.35. The van der Waals surface area contributed by atoms with Crippen molar-refractivity contribution in [3.05, 3.63) is 105 Å². The lowest BCUT2D eigenvalue weighted by Crippen LogP contribution is -2.27. The van der Waals surface area contributed by atoms with Gasteiger partial charge in [-0.05, 0) is 65.7 Å². The molecule has 1 heterocycles. The van der Waals surface area contributed by atoms with Crippen molar-refractivity contribution in [3.8, 4) is 5.75 Å². The zero-order valence-corrected chi connectivity index (χ0v) is 18.8. The van der Waals surface area contributed by atoms with Crippen LogP contribution in [0.5, 0.6) is 5.75 Å². The van der Waals surface area contributed by atoms with Gasteiger partial charge in [-0.15, -0.1) is 0 Å². The molecule has 4 nitrogen and oxygen atoms in total. The van der Waals surface area contributed by atoms with Gasteiger partial charge in [0.1, 0.15) is 18.2 Å². The Balaban J connectivity index is 1.43. The molecule has 3 aromatic rings. The summed E-state index contributed by atoms with van der Waals surface area (Å²) < 4.78 is 19.5. The van der Waals surface area contributed by atoms with Crippen LogP contribution in [0.25, 0.3) is 6.08 Å². The molecule has 3 aromatic carbocycles. The Morgan fingerprint density at radius 1 is 1.03 bits per heavy atom. The van der Waals surface area contributed by atoms with E-state index in [-0.39, 0.29) is 24.3 Å². The van der Waals surface area contributed by atoms with Gasteiger partial charge in [-0.3, -0.25) is 14.5 Å². The van der Waals surface area contributed by atoms with E-state index < -0.39 is 5.82 Å². The second-order valence-electron chi connectivity index (χ2n) is 7.25. The minimum Gasteiger partial charge on any atom is -0.489 e. The fourth-order valence-electron chi connectivity index (χ4n) is 3.23. The lowest BCUT2D eigenvalue weighted by molar-refractivity contribution is -0.123. The summed E-state index contributed by atoms with van der Waals surface area (Å²) in [6.07, 6.45) is 1.68. The van der Waals surface area contributed by atoms with E-state index in [2.05, 4.69) is 0 Å². The standard InChI is InChI=1S/C25H19ClFNO3S/c1-16-5-2-3-6-18(16)14-28-24(29)23(32-25(28)30)13-17-9-11-19(12-10-17)31-15-20-21(26)7-4-8-22(20)27/h2-13H,14-15H2,1H3/b23-13-. The summed E-state index contributed by atoms with van der Waals surface area (Å²) in [6, 6.07) is 19.1. The molecule has 0 N–H and O–H groups in total. The molecule has 7 heteroatoms. The van der Waals surface area contributed by atoms with Gasteiger partial charge in [0.25, 0.3) is 11.1 Å². The molecule has 1 aliphatic rings. The average molecular weight is 468 g/mol. The molecule has 0 unspecified atom stereocenters. The van der Waals surface area contributed by atoms with Gasteiger partial charge in [-0.25, -0.2) is 4.39 Å². The Kier molecular flexibility index (Phi) is 6.63. The molecular weight excluding hydrogens is 449 g/mol. The number of aryl methyl sites for hydroxylation is 1. The van der Waals surface area contributed by atoms with E-state index in [1.54, 1.807) is 42.5 Å². The highest BCUT2D eigenvalue weighted by atomic mass is 35.5. The Morgan fingerprint density at radius 2 is 1.78 bits per heavy atom. The molecule has 0 aliphatic carbocycles. The molecule has 0 spiro atoms. The summed E-state index contributed by atoms with van der Waals surface area (Å²) in [6.45, 7) is 2.21. The molecule has 4 rings (SSSR count). The first-order chi connectivity index (χ1) is 15.4. The third-order valence-corrected chi connectivity index (χ3v) is 6.35. The molecule has 1 aliphatic heterocycles. The zero-order valence-electron chi connectivity index (χ0n) is 17.2. The van der Waals surface area contributed by atoms with Gasteiger partial charge in [-0.2, -0.15) is 0 Å². The van der Waals surface area contributed by atoms with E-state index in [1.165, 1.54) is 11.0 Å². The number of carbonyl (C=O) groups excluding carboxylic acids is 2. The Morgan fingerprint density at radius 3 is 2.50 bits per heavy atom. The second-order valence-corrected chi connectivity index (χ2v) is 8.65. The number of hydrogen-bond donors (Lipinski definition) is 0. The number of hydrogen-bond acceptors (Lipinski definition) is 4. The van der Waals surface area contributed by atoms with Crippen molar-refractivity contribution < 1.29 is 18.7 Å². The first kappa shape index (κ1) is 22.1. The van der Waals surface area contributed by atoms with Crippen molar-refractivity contribution in [3.63, 3.8) is 0 Å². The smallest absolute Gasteiger partial charge is 0.293 e. The first-order valence-electron chi connectivity index (χ1n) is 9.88. The highest BCUT2D eigenvalue weighted by molar-refractivity contribution is 8.18. The number of nitrogens with zero attached hydrogens (tertiary/aromatic N) is 1. The van der Waals surface area contributed by atoms with E-state index in [1.807, 2.05) is 31.2 Å². The maximum Gasteiger partial charge on any atom is 0.293 e. The largest absolute Gasteiger partial charge is 0.489 e. The molecule has 0 radical (unpaired) electrons. The van der Waals surface area contributed by atoms with Gasteiger partial charge in [0.2, 0.25) is 0 Å². The van der Waals surface area contributed by atoms with Crippen LogP contribution in [-0.4, -0.2) is 16.0 Å². The van der Waals surface area contributed by atoms with Gasteiger partial charge in [0.15, 0.2) is 0 Å². The molecule has 162 valence electrons. The van der Waals surface area contributed by atoms with Crippen molar-refractivity contribution in [2.45, 2.75) is 20.1 Å². The zero-order chi connectivity index (χ0) is 22.7. The number of ether oxygens (including phenoxy) is 1. The van der Waals surface area contributed by atoms with Crippen LogP contribution in [0.1, 0.15) is 22.3 Å². The number of imide groups is 1. The maximum absolute atomic E-state index is 13.9. The first-order valence-corrected chi connectivity index (χ1v) is 11.1. The molecule has 1 fully saturated rings. The molecule has 2 amide bonds. The minimum absolute atomic E-state index is 0.00262. The Labute approximate surface area is 194 Å². The second kappa shape index (κ2) is 9.59. The summed E-state index contributed by atoms with van der Waals surface area (Å²) in [5.74, 6) is -0.192. The maximum atomic E-state index is 13.9. The normalized spacial score (nSPS) is 15.0. The van der Waals surface area contributed by atoms with Crippen molar-refractivity contribution in [2.24, 2.45) is 0 Å². The number of thioether (sulfide) groups is 1. The van der Waals surface area contributed by atoms with Crippen LogP contribution >= 0.6 is 23.4 Å². The summed E-state index contributed by atoms with van der Waals surface area (Å²) in [5.41, 5.74) is 3.01. The molecule has 0 atom stereocenters. The topological polar surface area (TPSA) is 46.6 Å². The predicted molar refractivity (Wildman–Crippen MR) is 125 cm³/mol. The van der Waals surface area contributed by atoms with E-state index >= 15 is 0 Å².